The van der Waals surface area contributed by atoms with Crippen molar-refractivity contribution in [3.05, 3.63) is 284 Å². The van der Waals surface area contributed by atoms with Gasteiger partial charge in [0.2, 0.25) is 23.6 Å². The molecule has 6 atom stereocenters. The van der Waals surface area contributed by atoms with Gasteiger partial charge >= 0.3 is 0 Å². The first-order valence-electron chi connectivity index (χ1n) is 45.9. The summed E-state index contributed by atoms with van der Waals surface area (Å²) in [4.78, 5) is 131. The van der Waals surface area contributed by atoms with E-state index < -0.39 is 59.6 Å². The Morgan fingerprint density at radius 3 is 0.879 bits per heavy atom. The van der Waals surface area contributed by atoms with Crippen LogP contribution in [-0.4, -0.2) is 81.2 Å². The van der Waals surface area contributed by atoms with Gasteiger partial charge in [-0.05, 0) is 245 Å². The van der Waals surface area contributed by atoms with Gasteiger partial charge in [0.1, 0.15) is 80.4 Å². The SMILES string of the molecule is C=C(C)C(=O)NC1CCCC(NC(=O)C(c2ccc3c(c2)oc2ccccc23)N2C(=O)c3cc(Oc4ccc(C(C)C)cc4C)c4c5c(Oc6ccc(C(C)C)cc6C)cc6c7c(cc(Oc8ccc(C(C)C)cc8C)c(c8c(Oc9ccc(C(C)C)cc9C)cc(c3c48)C2=O)c75)C(=O)N(C(C(=O)NC2CCCC(NC(=O)C(=C)C)C2)c2ccc3c(c2)oc2ccccc23)C6=O)C1. The predicted molar refractivity (Wildman–Crippen MR) is 517 cm³/mol. The molecule has 15 aromatic rings. The number of amides is 8. The van der Waals surface area contributed by atoms with Crippen molar-refractivity contribution in [3.63, 3.8) is 0 Å². The van der Waals surface area contributed by atoms with E-state index in [1.165, 1.54) is 0 Å². The molecule has 0 saturated heterocycles. The number of rotatable bonds is 24. The lowest BCUT2D eigenvalue weighted by molar-refractivity contribution is -0.127. The summed E-state index contributed by atoms with van der Waals surface area (Å²) in [5.74, 6) is -3.34. The second-order valence-corrected chi connectivity index (χ2v) is 37.9. The number of hydrogen-bond acceptors (Lipinski definition) is 14. The van der Waals surface area contributed by atoms with Crippen LogP contribution in [0.4, 0.5) is 0 Å². The lowest BCUT2D eigenvalue weighted by atomic mass is 9.80. The topological polar surface area (TPSA) is 254 Å². The monoisotopic (exact) mass is 1760 g/mol. The van der Waals surface area contributed by atoms with E-state index in [4.69, 9.17) is 27.8 Å². The van der Waals surface area contributed by atoms with Crippen LogP contribution in [0.5, 0.6) is 46.0 Å². The summed E-state index contributed by atoms with van der Waals surface area (Å²) in [7, 11) is 0. The molecule has 0 bridgehead atoms. The third-order valence-electron chi connectivity index (χ3n) is 27.2. The zero-order valence-electron chi connectivity index (χ0n) is 76.8. The first-order chi connectivity index (χ1) is 63.3. The molecule has 4 heterocycles. The molecule has 2 aromatic heterocycles. The van der Waals surface area contributed by atoms with Crippen LogP contribution in [-0.2, 0) is 19.2 Å². The van der Waals surface area contributed by atoms with Gasteiger partial charge < -0.3 is 49.0 Å². The standard InChI is InChI=1S/C112H106N6O14/c1-55(2)65-33-39-83(61(13)43-65)127-91-51-79-95-80(110(124)117(109(79)123)103(69-31-37-77-75-27-17-19-29-87(75)131-89(77)47-69)107(121)115-73-25-21-23-71(49-73)113-105(119)59(9)10)53-93(129-85-41-35-67(57(5)6)45-63(85)15)99-100-94(130-86-42-36-68(58(7)8)46-64(86)16)54-82-96-81(52-92(98(102(96)100)97(91)101(95)99)128-84-40-34-66(56(3)4)44-62(84)14)111(125)118(112(82)126)104(70-32-38-78-76-28-18-20-30-88(76)132-90(78)48-70)108(122)116-74-26-22-24-72(50-74)114-106(120)60(11)12/h17-20,27-48,51-58,71-74,103-104H,9,11,21-26,49-50H2,1-8,10,12-16H3,(H,113,119)(H,114,120)(H,115,121)(H,116,122). The lowest BCUT2D eigenvalue weighted by Gasteiger charge is -2.37. The summed E-state index contributed by atoms with van der Waals surface area (Å²) in [5, 5.41) is 17.7. The van der Waals surface area contributed by atoms with Gasteiger partial charge in [-0.2, -0.15) is 0 Å². The van der Waals surface area contributed by atoms with Gasteiger partial charge in [-0.25, -0.2) is 0 Å². The molecule has 20 heteroatoms. The summed E-state index contributed by atoms with van der Waals surface area (Å²) in [6, 6.07) is 50.8. The molecule has 668 valence electrons. The first kappa shape index (κ1) is 87.0. The van der Waals surface area contributed by atoms with Gasteiger partial charge in [0, 0.05) is 99.9 Å². The van der Waals surface area contributed by atoms with Gasteiger partial charge in [0.05, 0.1) is 22.3 Å². The van der Waals surface area contributed by atoms with Crippen LogP contribution in [0.25, 0.3) is 87.0 Å². The number of imide groups is 2. The van der Waals surface area contributed by atoms with E-state index >= 15 is 28.8 Å². The maximum Gasteiger partial charge on any atom is 0.262 e. The first-order valence-corrected chi connectivity index (χ1v) is 45.9. The molecule has 2 saturated carbocycles. The van der Waals surface area contributed by atoms with Crippen LogP contribution in [0.1, 0.15) is 253 Å². The van der Waals surface area contributed by atoms with Crippen molar-refractivity contribution in [1.29, 1.82) is 0 Å². The van der Waals surface area contributed by atoms with Crippen LogP contribution in [0.3, 0.4) is 0 Å². The Kier molecular flexibility index (Phi) is 22.5. The zero-order chi connectivity index (χ0) is 92.6. The molecule has 0 spiro atoms. The van der Waals surface area contributed by atoms with E-state index in [1.54, 1.807) is 62.4 Å². The quantitative estimate of drug-likeness (QED) is 0.0190. The lowest BCUT2D eigenvalue weighted by Crippen LogP contribution is -2.52. The molecule has 132 heavy (non-hydrogen) atoms. The van der Waals surface area contributed by atoms with E-state index in [-0.39, 0.29) is 147 Å². The summed E-state index contributed by atoms with van der Waals surface area (Å²) < 4.78 is 43.9. The average molecular weight is 1760 g/mol. The Bertz CT molecular complexity index is 6760. The molecule has 4 aliphatic rings. The van der Waals surface area contributed by atoms with Crippen molar-refractivity contribution in [1.82, 2.24) is 31.1 Å². The van der Waals surface area contributed by atoms with Gasteiger partial charge in [-0.1, -0.05) is 178 Å². The predicted octanol–water partition coefficient (Wildman–Crippen LogP) is 25.3. The number of ether oxygens (including phenoxy) is 4. The number of hydrogen-bond donors (Lipinski definition) is 4. The van der Waals surface area contributed by atoms with Crippen molar-refractivity contribution in [2.75, 3.05) is 0 Å². The number of carbonyl (C=O) groups is 8. The number of para-hydroxylation sites is 2. The van der Waals surface area contributed by atoms with Crippen LogP contribution in [0, 0.1) is 27.7 Å². The van der Waals surface area contributed by atoms with E-state index in [2.05, 4.69) is 114 Å². The number of furan rings is 2. The van der Waals surface area contributed by atoms with Crippen LogP contribution in [0.2, 0.25) is 0 Å². The summed E-state index contributed by atoms with van der Waals surface area (Å²) in [6.45, 7) is 35.6. The molecule has 8 amide bonds. The Morgan fingerprint density at radius 2 is 0.598 bits per heavy atom. The fourth-order valence-corrected chi connectivity index (χ4v) is 20.1. The Hall–Kier alpha value is -14.4. The highest BCUT2D eigenvalue weighted by Crippen LogP contribution is 2.60. The number of carbonyl (C=O) groups excluding carboxylic acids is 8. The minimum atomic E-state index is -1.70. The average Bonchev–Trinajstić information content (AvgIpc) is 0.766. The molecule has 19 rings (SSSR count). The molecular weight excluding hydrogens is 1650 g/mol. The highest BCUT2D eigenvalue weighted by Gasteiger charge is 2.49. The van der Waals surface area contributed by atoms with E-state index in [1.807, 2.05) is 137 Å². The molecule has 2 aliphatic carbocycles. The second kappa shape index (κ2) is 34.2. The molecule has 13 aromatic carbocycles. The Balaban J connectivity index is 0.925. The molecule has 20 nitrogen and oxygen atoms in total. The number of nitrogens with zero attached hydrogens (tertiary/aromatic N) is 2. The van der Waals surface area contributed by atoms with E-state index in [0.29, 0.717) is 108 Å². The van der Waals surface area contributed by atoms with Crippen molar-refractivity contribution in [2.24, 2.45) is 0 Å². The molecule has 2 aliphatic heterocycles. The summed E-state index contributed by atoms with van der Waals surface area (Å²) in [6.07, 6.45) is 4.28. The second-order valence-electron chi connectivity index (χ2n) is 37.9. The number of benzene rings is 13. The fourth-order valence-electron chi connectivity index (χ4n) is 20.1. The molecule has 0 radical (unpaired) electrons. The van der Waals surface area contributed by atoms with Crippen LogP contribution < -0.4 is 40.2 Å². The van der Waals surface area contributed by atoms with Crippen molar-refractivity contribution < 1.29 is 66.1 Å². The maximum atomic E-state index is 17.5. The number of fused-ring (bicyclic) bond motifs is 8. The molecule has 4 N–H and O–H groups in total. The minimum Gasteiger partial charge on any atom is -0.456 e. The normalized spacial score (nSPS) is 16.9. The number of nitrogens with one attached hydrogen (secondary N) is 4. The van der Waals surface area contributed by atoms with Crippen LogP contribution >= 0.6 is 0 Å². The highest BCUT2D eigenvalue weighted by molar-refractivity contribution is 6.45. The van der Waals surface area contributed by atoms with Gasteiger partial charge in [-0.3, -0.25) is 48.2 Å². The summed E-state index contributed by atoms with van der Waals surface area (Å²) >= 11 is 0. The van der Waals surface area contributed by atoms with Crippen molar-refractivity contribution in [2.45, 2.75) is 208 Å². The molecule has 6 unspecified atom stereocenters. The third-order valence-corrected chi connectivity index (χ3v) is 27.2. The van der Waals surface area contributed by atoms with E-state index in [0.717, 1.165) is 75.9 Å². The minimum absolute atomic E-state index is 0.0475. The van der Waals surface area contributed by atoms with Gasteiger partial charge in [0.15, 0.2) is 0 Å². The van der Waals surface area contributed by atoms with E-state index in [9.17, 15) is 9.59 Å². The molecular formula is C112H106N6O14. The third kappa shape index (κ3) is 15.4. The molecule has 2 fully saturated rings. The number of aryl methyl sites for hydroxylation is 4. The fraction of sp³-hybridized carbons (Fsp3) is 0.286. The Morgan fingerprint density at radius 1 is 0.326 bits per heavy atom. The van der Waals surface area contributed by atoms with Crippen molar-refractivity contribution >= 4 is 134 Å². The Labute approximate surface area is 765 Å². The highest BCUT2D eigenvalue weighted by atomic mass is 16.5. The maximum absolute atomic E-state index is 17.5. The van der Waals surface area contributed by atoms with Crippen LogP contribution in [0.15, 0.2) is 215 Å². The van der Waals surface area contributed by atoms with Gasteiger partial charge in [0.25, 0.3) is 23.6 Å². The van der Waals surface area contributed by atoms with Gasteiger partial charge in [-0.15, -0.1) is 0 Å². The zero-order valence-corrected chi connectivity index (χ0v) is 76.8. The van der Waals surface area contributed by atoms with Crippen molar-refractivity contribution in [3.8, 4) is 46.0 Å². The summed E-state index contributed by atoms with van der Waals surface area (Å²) in [5.41, 5.74) is 9.91. The smallest absolute Gasteiger partial charge is 0.262 e. The largest absolute Gasteiger partial charge is 0.456 e.